The van der Waals surface area contributed by atoms with Gasteiger partial charge in [0.15, 0.2) is 12.4 Å². The highest BCUT2D eigenvalue weighted by Crippen LogP contribution is 2.34. The Hall–Kier alpha value is -2.50. The summed E-state index contributed by atoms with van der Waals surface area (Å²) in [6.45, 7) is -0.982. The Labute approximate surface area is 184 Å². The number of allylic oxidation sites excluding steroid dienone is 1. The second-order valence-electron chi connectivity index (χ2n) is 5.57. The van der Waals surface area contributed by atoms with Crippen LogP contribution < -0.4 is 4.74 Å². The van der Waals surface area contributed by atoms with Gasteiger partial charge in [-0.3, -0.25) is 0 Å². The standard InChI is InChI=1S/C19H11Cl3N2O4S/c20-11-5-13(22)16(6-12(11)21)27-9-18(26)28-8-15(25)10(7-23)19-24-14-3-1-2-4-17(14)29-19/h1-6,25H,8-9H2/b15-10+. The number of nitrogens with zero attached hydrogens (tertiary/aromatic N) is 2. The fourth-order valence-electron chi connectivity index (χ4n) is 2.23. The van der Waals surface area contributed by atoms with E-state index in [-0.39, 0.29) is 26.4 Å². The van der Waals surface area contributed by atoms with E-state index in [9.17, 15) is 15.2 Å². The normalized spacial score (nSPS) is 11.7. The summed E-state index contributed by atoms with van der Waals surface area (Å²) in [7, 11) is 0. The Morgan fingerprint density at radius 2 is 1.86 bits per heavy atom. The summed E-state index contributed by atoms with van der Waals surface area (Å²) in [5, 5.41) is 20.5. The molecule has 0 amide bonds. The van der Waals surface area contributed by atoms with Crippen molar-refractivity contribution in [2.24, 2.45) is 0 Å². The summed E-state index contributed by atoms with van der Waals surface area (Å²) in [6, 6.07) is 12.0. The fraction of sp³-hybridized carbons (Fsp3) is 0.105. The average molecular weight is 470 g/mol. The number of hydrogen-bond donors (Lipinski definition) is 1. The van der Waals surface area contributed by atoms with Crippen molar-refractivity contribution in [2.45, 2.75) is 0 Å². The molecule has 148 valence electrons. The van der Waals surface area contributed by atoms with Crippen molar-refractivity contribution in [2.75, 3.05) is 13.2 Å². The predicted molar refractivity (Wildman–Crippen MR) is 113 cm³/mol. The van der Waals surface area contributed by atoms with Crippen LogP contribution in [0.5, 0.6) is 5.75 Å². The van der Waals surface area contributed by atoms with Crippen LogP contribution in [-0.2, 0) is 9.53 Å². The van der Waals surface area contributed by atoms with Gasteiger partial charge in [-0.15, -0.1) is 11.3 Å². The topological polar surface area (TPSA) is 92.4 Å². The number of halogens is 3. The summed E-state index contributed by atoms with van der Waals surface area (Å²) in [4.78, 5) is 16.2. The molecule has 0 aliphatic heterocycles. The lowest BCUT2D eigenvalue weighted by Gasteiger charge is -2.09. The molecule has 6 nitrogen and oxygen atoms in total. The SMILES string of the molecule is N#C/C(=C(\O)COC(=O)COc1cc(Cl)c(Cl)cc1Cl)c1nc2ccccc2s1. The number of nitriles is 1. The monoisotopic (exact) mass is 468 g/mol. The van der Waals surface area contributed by atoms with Crippen LogP contribution >= 0.6 is 46.1 Å². The van der Waals surface area contributed by atoms with Crippen LogP contribution in [0.25, 0.3) is 15.8 Å². The molecule has 0 atom stereocenters. The van der Waals surface area contributed by atoms with Gasteiger partial charge >= 0.3 is 5.97 Å². The van der Waals surface area contributed by atoms with Crippen LogP contribution in [0.3, 0.4) is 0 Å². The van der Waals surface area contributed by atoms with Crippen molar-refractivity contribution in [3.63, 3.8) is 0 Å². The van der Waals surface area contributed by atoms with Gasteiger partial charge in [0.25, 0.3) is 0 Å². The first-order valence-corrected chi connectivity index (χ1v) is 9.95. The number of rotatable bonds is 6. The maximum Gasteiger partial charge on any atom is 0.344 e. The van der Waals surface area contributed by atoms with Crippen molar-refractivity contribution < 1.29 is 19.4 Å². The minimum absolute atomic E-state index is 0.0626. The fourth-order valence-corrected chi connectivity index (χ4v) is 3.80. The highest BCUT2D eigenvalue weighted by Gasteiger charge is 2.16. The van der Waals surface area contributed by atoms with Crippen molar-refractivity contribution in [3.05, 3.63) is 62.2 Å². The van der Waals surface area contributed by atoms with E-state index in [0.717, 1.165) is 4.70 Å². The second kappa shape index (κ2) is 9.33. The van der Waals surface area contributed by atoms with Gasteiger partial charge < -0.3 is 14.6 Å². The molecule has 10 heteroatoms. The van der Waals surface area contributed by atoms with E-state index in [4.69, 9.17) is 44.3 Å². The van der Waals surface area contributed by atoms with E-state index >= 15 is 0 Å². The Balaban J connectivity index is 1.64. The highest BCUT2D eigenvalue weighted by molar-refractivity contribution is 7.19. The Morgan fingerprint density at radius 1 is 1.14 bits per heavy atom. The van der Waals surface area contributed by atoms with Crippen LogP contribution in [0.2, 0.25) is 15.1 Å². The van der Waals surface area contributed by atoms with Gasteiger partial charge in [0.1, 0.15) is 29.0 Å². The number of ether oxygens (including phenoxy) is 2. The van der Waals surface area contributed by atoms with Crippen molar-refractivity contribution in [1.29, 1.82) is 5.26 Å². The molecule has 0 spiro atoms. The minimum Gasteiger partial charge on any atom is -0.507 e. The number of thiazole rings is 1. The zero-order valence-corrected chi connectivity index (χ0v) is 17.6. The number of aromatic nitrogens is 1. The van der Waals surface area contributed by atoms with Gasteiger partial charge in [-0.05, 0) is 18.2 Å². The van der Waals surface area contributed by atoms with Crippen molar-refractivity contribution >= 4 is 67.9 Å². The van der Waals surface area contributed by atoms with Gasteiger partial charge in [-0.2, -0.15) is 5.26 Å². The molecule has 3 aromatic rings. The lowest BCUT2D eigenvalue weighted by Crippen LogP contribution is -2.16. The van der Waals surface area contributed by atoms with E-state index in [1.807, 2.05) is 24.3 Å². The summed E-state index contributed by atoms with van der Waals surface area (Å²) < 4.78 is 11.1. The quantitative estimate of drug-likeness (QED) is 0.216. The minimum atomic E-state index is -0.778. The van der Waals surface area contributed by atoms with E-state index in [1.165, 1.54) is 23.5 Å². The third kappa shape index (κ3) is 5.11. The molecule has 0 saturated carbocycles. The molecule has 0 aliphatic carbocycles. The number of hydrogen-bond acceptors (Lipinski definition) is 7. The van der Waals surface area contributed by atoms with Crippen LogP contribution in [0, 0.1) is 11.3 Å². The highest BCUT2D eigenvalue weighted by atomic mass is 35.5. The van der Waals surface area contributed by atoms with Crippen LogP contribution in [0.1, 0.15) is 5.01 Å². The van der Waals surface area contributed by atoms with Crippen LogP contribution in [-0.4, -0.2) is 29.3 Å². The molecule has 1 N–H and O–H groups in total. The molecule has 0 bridgehead atoms. The Bertz CT molecular complexity index is 1120. The van der Waals surface area contributed by atoms with Crippen molar-refractivity contribution in [3.8, 4) is 11.8 Å². The largest absolute Gasteiger partial charge is 0.507 e. The molecule has 0 unspecified atom stereocenters. The van der Waals surface area contributed by atoms with Gasteiger partial charge in [-0.1, -0.05) is 46.9 Å². The molecule has 0 saturated heterocycles. The molecule has 0 aliphatic rings. The number of esters is 1. The second-order valence-corrected chi connectivity index (χ2v) is 7.82. The summed E-state index contributed by atoms with van der Waals surface area (Å²) in [5.74, 6) is -1.03. The van der Waals surface area contributed by atoms with E-state index in [1.54, 1.807) is 6.07 Å². The van der Waals surface area contributed by atoms with Gasteiger partial charge in [0, 0.05) is 6.07 Å². The van der Waals surface area contributed by atoms with Crippen LogP contribution in [0.15, 0.2) is 42.2 Å². The van der Waals surface area contributed by atoms with Gasteiger partial charge in [0.05, 0.1) is 25.3 Å². The number of carbonyl (C=O) groups excluding carboxylic acids is 1. The molecular formula is C19H11Cl3N2O4S. The summed E-state index contributed by atoms with van der Waals surface area (Å²) in [5.41, 5.74) is 0.643. The first-order chi connectivity index (χ1) is 13.9. The van der Waals surface area contributed by atoms with Gasteiger partial charge in [-0.25, -0.2) is 9.78 Å². The third-order valence-corrected chi connectivity index (χ3v) is 5.67. The molecular weight excluding hydrogens is 459 g/mol. The smallest absolute Gasteiger partial charge is 0.344 e. The lowest BCUT2D eigenvalue weighted by molar-refractivity contribution is -0.145. The predicted octanol–water partition coefficient (Wildman–Crippen LogP) is 5.67. The summed E-state index contributed by atoms with van der Waals surface area (Å²) in [6.07, 6.45) is 0. The Kier molecular flexibility index (Phi) is 6.83. The number of para-hydroxylation sites is 1. The van der Waals surface area contributed by atoms with E-state index in [0.29, 0.717) is 10.5 Å². The third-order valence-electron chi connectivity index (χ3n) is 3.60. The Morgan fingerprint density at radius 3 is 2.59 bits per heavy atom. The molecule has 2 aromatic carbocycles. The molecule has 29 heavy (non-hydrogen) atoms. The number of benzene rings is 2. The first-order valence-electron chi connectivity index (χ1n) is 8.00. The molecule has 1 aromatic heterocycles. The number of carbonyl (C=O) groups is 1. The van der Waals surface area contributed by atoms with E-state index < -0.39 is 24.9 Å². The molecule has 0 radical (unpaired) electrons. The van der Waals surface area contributed by atoms with E-state index in [2.05, 4.69) is 4.98 Å². The van der Waals surface area contributed by atoms with Crippen molar-refractivity contribution in [1.82, 2.24) is 4.98 Å². The number of aliphatic hydroxyl groups is 1. The summed E-state index contributed by atoms with van der Waals surface area (Å²) >= 11 is 18.9. The zero-order valence-electron chi connectivity index (χ0n) is 14.5. The van der Waals surface area contributed by atoms with Crippen LogP contribution in [0.4, 0.5) is 0 Å². The van der Waals surface area contributed by atoms with Gasteiger partial charge in [0.2, 0.25) is 0 Å². The maximum atomic E-state index is 11.9. The number of fused-ring (bicyclic) bond motifs is 1. The molecule has 3 rings (SSSR count). The number of aliphatic hydroxyl groups excluding tert-OH is 1. The lowest BCUT2D eigenvalue weighted by atomic mass is 10.2. The molecule has 0 fully saturated rings. The maximum absolute atomic E-state index is 11.9. The zero-order chi connectivity index (χ0) is 21.0. The first kappa shape index (κ1) is 21.2. The molecule has 1 heterocycles. The average Bonchev–Trinajstić information content (AvgIpc) is 3.12.